The number of hydrazone groups is 1. The number of anilines is 1. The van der Waals surface area contributed by atoms with Crippen LogP contribution in [0.5, 0.6) is 5.75 Å². The first kappa shape index (κ1) is 24.6. The fourth-order valence-corrected chi connectivity index (χ4v) is 3.93. The van der Waals surface area contributed by atoms with Gasteiger partial charge in [-0.2, -0.15) is 5.10 Å². The molecule has 0 radical (unpaired) electrons. The van der Waals surface area contributed by atoms with Crippen molar-refractivity contribution in [2.45, 2.75) is 6.61 Å². The zero-order valence-corrected chi connectivity index (χ0v) is 19.9. The summed E-state index contributed by atoms with van der Waals surface area (Å²) in [7, 11) is -3.70. The van der Waals surface area contributed by atoms with Crippen LogP contribution in [-0.2, 0) is 21.4 Å². The zero-order chi connectivity index (χ0) is 23.8. The van der Waals surface area contributed by atoms with Gasteiger partial charge in [-0.1, -0.05) is 41.4 Å². The van der Waals surface area contributed by atoms with Crippen LogP contribution in [0.3, 0.4) is 0 Å². The highest BCUT2D eigenvalue weighted by atomic mass is 35.5. The lowest BCUT2D eigenvalue weighted by molar-refractivity contribution is -0.119. The average Bonchev–Trinajstić information content (AvgIpc) is 2.77. The summed E-state index contributed by atoms with van der Waals surface area (Å²) in [6.07, 6.45) is 2.46. The van der Waals surface area contributed by atoms with Crippen molar-refractivity contribution in [2.24, 2.45) is 5.10 Å². The molecular weight excluding hydrogens is 485 g/mol. The Morgan fingerprint density at radius 3 is 2.36 bits per heavy atom. The molecule has 0 saturated carbocycles. The normalized spacial score (nSPS) is 11.4. The van der Waals surface area contributed by atoms with Gasteiger partial charge in [-0.05, 0) is 65.7 Å². The van der Waals surface area contributed by atoms with Crippen LogP contribution in [-0.4, -0.2) is 33.3 Å². The van der Waals surface area contributed by atoms with Crippen LogP contribution in [0.2, 0.25) is 10.0 Å². The van der Waals surface area contributed by atoms with E-state index in [1.807, 2.05) is 12.1 Å². The van der Waals surface area contributed by atoms with Crippen LogP contribution < -0.4 is 14.5 Å². The summed E-state index contributed by atoms with van der Waals surface area (Å²) in [5.41, 5.74) is 4.34. The Morgan fingerprint density at radius 2 is 1.73 bits per heavy atom. The van der Waals surface area contributed by atoms with E-state index in [-0.39, 0.29) is 0 Å². The second-order valence-corrected chi connectivity index (χ2v) is 9.81. The van der Waals surface area contributed by atoms with Crippen molar-refractivity contribution >= 4 is 51.0 Å². The van der Waals surface area contributed by atoms with Gasteiger partial charge in [-0.15, -0.1) is 0 Å². The smallest absolute Gasteiger partial charge is 0.260 e. The minimum atomic E-state index is -3.70. The van der Waals surface area contributed by atoms with Gasteiger partial charge >= 0.3 is 0 Å². The molecule has 1 amide bonds. The van der Waals surface area contributed by atoms with Crippen LogP contribution in [0.4, 0.5) is 5.69 Å². The van der Waals surface area contributed by atoms with E-state index in [2.05, 4.69) is 10.5 Å². The second-order valence-electron chi connectivity index (χ2n) is 7.03. The molecule has 0 bridgehead atoms. The Kier molecular flexibility index (Phi) is 8.32. The topological polar surface area (TPSA) is 88.1 Å². The van der Waals surface area contributed by atoms with Crippen LogP contribution in [0.15, 0.2) is 77.9 Å². The molecule has 33 heavy (non-hydrogen) atoms. The molecule has 0 unspecified atom stereocenters. The van der Waals surface area contributed by atoms with E-state index in [0.29, 0.717) is 28.1 Å². The molecule has 0 atom stereocenters. The first-order valence-electron chi connectivity index (χ1n) is 9.73. The third-order valence-electron chi connectivity index (χ3n) is 4.39. The molecule has 10 heteroatoms. The maximum Gasteiger partial charge on any atom is 0.260 e. The number of amides is 1. The molecule has 3 aromatic rings. The highest BCUT2D eigenvalue weighted by molar-refractivity contribution is 7.92. The molecule has 0 spiro atoms. The van der Waals surface area contributed by atoms with Gasteiger partial charge in [0.05, 0.1) is 18.2 Å². The van der Waals surface area contributed by atoms with E-state index in [1.165, 1.54) is 12.3 Å². The summed E-state index contributed by atoms with van der Waals surface area (Å²) in [4.78, 5) is 12.3. The average molecular weight is 506 g/mol. The lowest BCUT2D eigenvalue weighted by Gasteiger charge is -2.21. The first-order valence-corrected chi connectivity index (χ1v) is 12.3. The van der Waals surface area contributed by atoms with E-state index < -0.39 is 22.5 Å². The van der Waals surface area contributed by atoms with E-state index >= 15 is 0 Å². The summed E-state index contributed by atoms with van der Waals surface area (Å²) in [5.74, 6) is 0.0796. The minimum absolute atomic E-state index is 0.290. The number of sulfonamides is 1. The number of hydrogen-bond acceptors (Lipinski definition) is 5. The lowest BCUT2D eigenvalue weighted by atomic mass is 10.2. The quantitative estimate of drug-likeness (QED) is 0.342. The molecular formula is C23H21Cl2N3O4S. The number of carbonyl (C=O) groups excluding carboxylic acids is 1. The fraction of sp³-hybridized carbons (Fsp3) is 0.130. The van der Waals surface area contributed by atoms with Gasteiger partial charge in [0, 0.05) is 10.0 Å². The first-order chi connectivity index (χ1) is 15.7. The summed E-state index contributed by atoms with van der Waals surface area (Å²) in [5, 5.41) is 4.92. The molecule has 0 aliphatic rings. The maximum absolute atomic E-state index is 12.3. The van der Waals surface area contributed by atoms with Crippen molar-refractivity contribution in [2.75, 3.05) is 17.1 Å². The van der Waals surface area contributed by atoms with Crippen molar-refractivity contribution in [3.05, 3.63) is 94.0 Å². The monoisotopic (exact) mass is 505 g/mol. The van der Waals surface area contributed by atoms with Crippen molar-refractivity contribution < 1.29 is 17.9 Å². The minimum Gasteiger partial charge on any atom is -0.489 e. The number of nitrogens with zero attached hydrogens (tertiary/aromatic N) is 2. The number of halogens is 2. The molecule has 0 heterocycles. The van der Waals surface area contributed by atoms with E-state index in [9.17, 15) is 13.2 Å². The molecule has 3 rings (SSSR count). The molecule has 172 valence electrons. The van der Waals surface area contributed by atoms with Gasteiger partial charge < -0.3 is 4.74 Å². The van der Waals surface area contributed by atoms with Crippen LogP contribution in [0, 0.1) is 0 Å². The number of hydrogen-bond donors (Lipinski definition) is 1. The summed E-state index contributed by atoms with van der Waals surface area (Å²) in [6.45, 7) is -0.0296. The van der Waals surface area contributed by atoms with Crippen molar-refractivity contribution in [1.82, 2.24) is 5.43 Å². The highest BCUT2D eigenvalue weighted by Crippen LogP contribution is 2.21. The Bertz CT molecular complexity index is 1230. The van der Waals surface area contributed by atoms with Gasteiger partial charge in [0.2, 0.25) is 10.0 Å². The fourth-order valence-electron chi connectivity index (χ4n) is 2.77. The van der Waals surface area contributed by atoms with Crippen LogP contribution in [0.1, 0.15) is 11.1 Å². The number of rotatable bonds is 9. The molecule has 0 aromatic heterocycles. The zero-order valence-electron chi connectivity index (χ0n) is 17.6. The molecule has 3 aromatic carbocycles. The van der Waals surface area contributed by atoms with E-state index in [0.717, 1.165) is 21.7 Å². The second kappa shape index (κ2) is 11.2. The Labute approximate surface area is 202 Å². The molecule has 0 saturated heterocycles. The SMILES string of the molecule is CS(=O)(=O)N(CC(=O)N/N=C\c1ccc(OCc2ccc(Cl)cc2)cc1)c1cccc(Cl)c1. The number of carbonyl (C=O) groups is 1. The third-order valence-corrected chi connectivity index (χ3v) is 6.01. The lowest BCUT2D eigenvalue weighted by Crippen LogP contribution is -2.39. The maximum atomic E-state index is 12.3. The summed E-state index contributed by atoms with van der Waals surface area (Å²) < 4.78 is 30.9. The summed E-state index contributed by atoms with van der Waals surface area (Å²) >= 11 is 11.8. The number of benzene rings is 3. The van der Waals surface area contributed by atoms with Gasteiger partial charge in [0.1, 0.15) is 18.9 Å². The Morgan fingerprint density at radius 1 is 1.03 bits per heavy atom. The standard InChI is InChI=1S/C23H21Cl2N3O4S/c1-33(30,31)28(21-4-2-3-20(25)13-21)15-23(29)27-26-14-17-7-11-22(12-8-17)32-16-18-5-9-19(24)10-6-18/h2-14H,15-16H2,1H3,(H,27,29)/b26-14-. The predicted molar refractivity (Wildman–Crippen MR) is 132 cm³/mol. The molecule has 0 fully saturated rings. The van der Waals surface area contributed by atoms with Crippen molar-refractivity contribution in [3.63, 3.8) is 0 Å². The summed E-state index contributed by atoms with van der Waals surface area (Å²) in [6, 6.07) is 20.8. The van der Waals surface area contributed by atoms with E-state index in [4.69, 9.17) is 27.9 Å². The predicted octanol–water partition coefficient (Wildman–Crippen LogP) is 4.49. The van der Waals surface area contributed by atoms with Crippen molar-refractivity contribution in [3.8, 4) is 5.75 Å². The van der Waals surface area contributed by atoms with Crippen LogP contribution >= 0.6 is 23.2 Å². The Balaban J connectivity index is 1.54. The highest BCUT2D eigenvalue weighted by Gasteiger charge is 2.20. The van der Waals surface area contributed by atoms with Gasteiger partial charge in [-0.3, -0.25) is 9.10 Å². The van der Waals surface area contributed by atoms with E-state index in [1.54, 1.807) is 54.6 Å². The van der Waals surface area contributed by atoms with Crippen LogP contribution in [0.25, 0.3) is 0 Å². The van der Waals surface area contributed by atoms with Gasteiger partial charge in [-0.25, -0.2) is 13.8 Å². The molecule has 0 aliphatic carbocycles. The molecule has 1 N–H and O–H groups in total. The molecule has 7 nitrogen and oxygen atoms in total. The van der Waals surface area contributed by atoms with Gasteiger partial charge in [0.25, 0.3) is 5.91 Å². The number of nitrogens with one attached hydrogen (secondary N) is 1. The molecule has 0 aliphatic heterocycles. The Hall–Kier alpha value is -3.07. The largest absolute Gasteiger partial charge is 0.489 e. The van der Waals surface area contributed by atoms with Gasteiger partial charge in [0.15, 0.2) is 0 Å². The van der Waals surface area contributed by atoms with Crippen molar-refractivity contribution in [1.29, 1.82) is 0 Å². The third kappa shape index (κ3) is 7.78. The number of ether oxygens (including phenoxy) is 1.